The number of nitrogens with zero attached hydrogens (tertiary/aromatic N) is 2. The topological polar surface area (TPSA) is 52.7 Å². The summed E-state index contributed by atoms with van der Waals surface area (Å²) >= 11 is 6.08. The highest BCUT2D eigenvalue weighted by Crippen LogP contribution is 2.39. The largest absolute Gasteiger partial charge is 0.320 e. The maximum Gasteiger partial charge on any atom is 0.257 e. The van der Waals surface area contributed by atoms with Crippen LogP contribution in [0.4, 0.5) is 17.1 Å². The van der Waals surface area contributed by atoms with Gasteiger partial charge in [-0.25, -0.2) is 0 Å². The van der Waals surface area contributed by atoms with Crippen LogP contribution < -0.4 is 10.2 Å². The van der Waals surface area contributed by atoms with Crippen molar-refractivity contribution in [3.8, 4) is 0 Å². The van der Waals surface area contributed by atoms with Crippen molar-refractivity contribution in [3.63, 3.8) is 0 Å². The van der Waals surface area contributed by atoms with E-state index in [1.807, 2.05) is 24.8 Å². The molecule has 2 amide bonds. The van der Waals surface area contributed by atoms with Gasteiger partial charge >= 0.3 is 0 Å². The van der Waals surface area contributed by atoms with E-state index in [-0.39, 0.29) is 30.8 Å². The number of amides is 2. The van der Waals surface area contributed by atoms with Crippen molar-refractivity contribution in [1.29, 1.82) is 0 Å². The first-order valence-electron chi connectivity index (χ1n) is 8.30. The molecule has 26 heavy (non-hydrogen) atoms. The van der Waals surface area contributed by atoms with Gasteiger partial charge in [0.25, 0.3) is 5.91 Å². The highest BCUT2D eigenvalue weighted by Gasteiger charge is 2.29. The van der Waals surface area contributed by atoms with E-state index < -0.39 is 0 Å². The molecular weight excluding hydrogens is 373 g/mol. The number of halogens is 2. The smallest absolute Gasteiger partial charge is 0.257 e. The summed E-state index contributed by atoms with van der Waals surface area (Å²) in [6.45, 7) is 5.88. The Morgan fingerprint density at radius 2 is 1.81 bits per heavy atom. The molecule has 138 valence electrons. The lowest BCUT2D eigenvalue weighted by Crippen LogP contribution is -2.38. The third-order valence-corrected chi connectivity index (χ3v) is 4.58. The van der Waals surface area contributed by atoms with Gasteiger partial charge in [0.2, 0.25) is 5.91 Å². The van der Waals surface area contributed by atoms with Crippen molar-refractivity contribution in [3.05, 3.63) is 53.1 Å². The van der Waals surface area contributed by atoms with Crippen LogP contribution in [0.1, 0.15) is 24.2 Å². The van der Waals surface area contributed by atoms with Crippen molar-refractivity contribution in [2.45, 2.75) is 13.8 Å². The van der Waals surface area contributed by atoms with Crippen molar-refractivity contribution in [2.24, 2.45) is 0 Å². The van der Waals surface area contributed by atoms with Gasteiger partial charge in [-0.05, 0) is 43.4 Å². The van der Waals surface area contributed by atoms with E-state index >= 15 is 0 Å². The zero-order valence-corrected chi connectivity index (χ0v) is 16.2. The van der Waals surface area contributed by atoms with Gasteiger partial charge in [-0.15, -0.1) is 12.4 Å². The van der Waals surface area contributed by atoms with Crippen LogP contribution in [0.5, 0.6) is 0 Å². The standard InChI is InChI=1S/C19H20ClN3O2.ClH/c1-3-22(4-2)12-18(24)23-16-8-6-5-7-14(16)19(25)21-15-11-13(20)9-10-17(15)23;/h5-11H,3-4,12H2,1-2H3,(H,21,25);1H. The Bertz CT molecular complexity index is 822. The molecule has 0 unspecified atom stereocenters. The molecule has 1 heterocycles. The van der Waals surface area contributed by atoms with E-state index in [4.69, 9.17) is 11.6 Å². The predicted octanol–water partition coefficient (Wildman–Crippen LogP) is 4.33. The average molecular weight is 394 g/mol. The zero-order chi connectivity index (χ0) is 18.0. The number of likely N-dealkylation sites (N-methyl/N-ethyl adjacent to an activating group) is 1. The second-order valence-corrected chi connectivity index (χ2v) is 6.26. The molecule has 0 fully saturated rings. The van der Waals surface area contributed by atoms with E-state index in [2.05, 4.69) is 5.32 Å². The van der Waals surface area contributed by atoms with Crippen molar-refractivity contribution >= 4 is 52.9 Å². The summed E-state index contributed by atoms with van der Waals surface area (Å²) < 4.78 is 0. The van der Waals surface area contributed by atoms with E-state index in [0.717, 1.165) is 13.1 Å². The molecule has 0 aliphatic carbocycles. The molecule has 3 rings (SSSR count). The Morgan fingerprint density at radius 1 is 1.12 bits per heavy atom. The highest BCUT2D eigenvalue weighted by molar-refractivity contribution is 6.31. The predicted molar refractivity (Wildman–Crippen MR) is 108 cm³/mol. The summed E-state index contributed by atoms with van der Waals surface area (Å²) in [4.78, 5) is 29.3. The maximum atomic E-state index is 13.1. The number of hydrogen-bond acceptors (Lipinski definition) is 3. The lowest BCUT2D eigenvalue weighted by Gasteiger charge is -2.27. The highest BCUT2D eigenvalue weighted by atomic mass is 35.5. The molecule has 5 nitrogen and oxygen atoms in total. The number of rotatable bonds is 4. The number of anilines is 3. The summed E-state index contributed by atoms with van der Waals surface area (Å²) in [7, 11) is 0. The van der Waals surface area contributed by atoms with E-state index in [1.165, 1.54) is 0 Å². The number of para-hydroxylation sites is 1. The molecule has 2 aromatic carbocycles. The summed E-state index contributed by atoms with van der Waals surface area (Å²) in [5.41, 5.74) is 2.20. The lowest BCUT2D eigenvalue weighted by atomic mass is 10.1. The third kappa shape index (κ3) is 3.85. The first-order chi connectivity index (χ1) is 12.0. The Kier molecular flexibility index (Phi) is 6.64. The van der Waals surface area contributed by atoms with Crippen LogP contribution in [0.25, 0.3) is 0 Å². The van der Waals surface area contributed by atoms with Crippen LogP contribution in [-0.4, -0.2) is 36.3 Å². The molecule has 1 N–H and O–H groups in total. The second-order valence-electron chi connectivity index (χ2n) is 5.82. The van der Waals surface area contributed by atoms with Crippen LogP contribution >= 0.6 is 24.0 Å². The number of hydrogen-bond donors (Lipinski definition) is 1. The molecule has 2 aromatic rings. The fourth-order valence-electron chi connectivity index (χ4n) is 2.96. The number of nitrogens with one attached hydrogen (secondary N) is 1. The van der Waals surface area contributed by atoms with Crippen LogP contribution in [0.15, 0.2) is 42.5 Å². The molecule has 7 heteroatoms. The van der Waals surface area contributed by atoms with Crippen LogP contribution in [-0.2, 0) is 4.79 Å². The summed E-state index contributed by atoms with van der Waals surface area (Å²) in [6, 6.07) is 12.3. The molecule has 0 spiro atoms. The second kappa shape index (κ2) is 8.54. The van der Waals surface area contributed by atoms with Gasteiger partial charge < -0.3 is 5.32 Å². The van der Waals surface area contributed by atoms with Gasteiger partial charge in [-0.2, -0.15) is 0 Å². The molecular formula is C19H21Cl2N3O2. The first-order valence-corrected chi connectivity index (χ1v) is 8.68. The molecule has 0 radical (unpaired) electrons. The third-order valence-electron chi connectivity index (χ3n) is 4.34. The van der Waals surface area contributed by atoms with Gasteiger partial charge in [0.15, 0.2) is 0 Å². The number of carbonyl (C=O) groups excluding carboxylic acids is 2. The molecule has 0 saturated heterocycles. The normalized spacial score (nSPS) is 12.6. The minimum absolute atomic E-state index is 0. The Labute approximate surface area is 164 Å². The zero-order valence-electron chi connectivity index (χ0n) is 14.7. The molecule has 0 bridgehead atoms. The monoisotopic (exact) mass is 393 g/mol. The molecule has 1 aliphatic rings. The SMILES string of the molecule is CCN(CC)CC(=O)N1c2ccc(Cl)cc2NC(=O)c2ccccc21.Cl. The van der Waals surface area contributed by atoms with E-state index in [0.29, 0.717) is 27.6 Å². The quantitative estimate of drug-likeness (QED) is 0.840. The molecule has 0 saturated carbocycles. The van der Waals surface area contributed by atoms with Gasteiger partial charge in [-0.3, -0.25) is 19.4 Å². The number of benzene rings is 2. The maximum absolute atomic E-state index is 13.1. The number of carbonyl (C=O) groups is 2. The fourth-order valence-corrected chi connectivity index (χ4v) is 3.13. The van der Waals surface area contributed by atoms with Gasteiger partial charge in [0, 0.05) is 5.02 Å². The van der Waals surface area contributed by atoms with Crippen LogP contribution in [0.3, 0.4) is 0 Å². The van der Waals surface area contributed by atoms with Gasteiger partial charge in [-0.1, -0.05) is 37.6 Å². The Hall–Kier alpha value is -2.08. The minimum Gasteiger partial charge on any atom is -0.320 e. The summed E-state index contributed by atoms with van der Waals surface area (Å²) in [5.74, 6) is -0.339. The van der Waals surface area contributed by atoms with Crippen LogP contribution in [0, 0.1) is 0 Å². The van der Waals surface area contributed by atoms with E-state index in [1.54, 1.807) is 41.3 Å². The van der Waals surface area contributed by atoms with Crippen LogP contribution in [0.2, 0.25) is 5.02 Å². The van der Waals surface area contributed by atoms with Crippen molar-refractivity contribution in [1.82, 2.24) is 4.90 Å². The lowest BCUT2D eigenvalue weighted by molar-refractivity contribution is -0.118. The number of fused-ring (bicyclic) bond motifs is 2. The average Bonchev–Trinajstić information content (AvgIpc) is 2.73. The fraction of sp³-hybridized carbons (Fsp3) is 0.263. The molecule has 0 aromatic heterocycles. The summed E-state index contributed by atoms with van der Waals surface area (Å²) in [6.07, 6.45) is 0. The van der Waals surface area contributed by atoms with Gasteiger partial charge in [0.05, 0.1) is 29.2 Å². The minimum atomic E-state index is -0.253. The Balaban J connectivity index is 0.00000243. The Morgan fingerprint density at radius 3 is 2.50 bits per heavy atom. The van der Waals surface area contributed by atoms with Crippen molar-refractivity contribution in [2.75, 3.05) is 29.9 Å². The van der Waals surface area contributed by atoms with Crippen molar-refractivity contribution < 1.29 is 9.59 Å². The first kappa shape index (κ1) is 20.2. The van der Waals surface area contributed by atoms with E-state index in [9.17, 15) is 9.59 Å². The van der Waals surface area contributed by atoms with Gasteiger partial charge in [0.1, 0.15) is 0 Å². The molecule has 1 aliphatic heterocycles. The molecule has 0 atom stereocenters. The summed E-state index contributed by atoms with van der Waals surface area (Å²) in [5, 5.41) is 3.36.